The van der Waals surface area contributed by atoms with E-state index in [2.05, 4.69) is 30.8 Å². The van der Waals surface area contributed by atoms with Gasteiger partial charge in [-0.05, 0) is 42.7 Å². The van der Waals surface area contributed by atoms with Gasteiger partial charge in [0, 0.05) is 56.8 Å². The number of nitrogens with zero attached hydrogens (tertiary/aromatic N) is 4. The lowest BCUT2D eigenvalue weighted by atomic mass is 9.99. The molecule has 1 amide bonds. The first-order valence-electron chi connectivity index (χ1n) is 12.9. The molecule has 0 saturated carbocycles. The van der Waals surface area contributed by atoms with Gasteiger partial charge in [0.25, 0.3) is 5.91 Å². The molecule has 196 valence electrons. The number of carbonyl (C=O) groups excluding carboxylic acids is 1. The van der Waals surface area contributed by atoms with Gasteiger partial charge in [-0.2, -0.15) is 0 Å². The molecule has 5 heterocycles. The lowest BCUT2D eigenvalue weighted by Crippen LogP contribution is -2.35. The number of methoxy groups -OCH3 is 1. The molecule has 0 aliphatic carbocycles. The Kier molecular flexibility index (Phi) is 6.57. The van der Waals surface area contributed by atoms with E-state index in [9.17, 15) is 9.90 Å². The summed E-state index contributed by atoms with van der Waals surface area (Å²) in [7, 11) is 1.68. The predicted molar refractivity (Wildman–Crippen MR) is 147 cm³/mol. The number of aromatic nitrogens is 3. The number of carbonyl (C=O) groups is 1. The van der Waals surface area contributed by atoms with E-state index >= 15 is 0 Å². The molecule has 4 aromatic rings. The lowest BCUT2D eigenvalue weighted by Gasteiger charge is -2.31. The third-order valence-corrected chi connectivity index (χ3v) is 7.23. The molecule has 0 atom stereocenters. The average molecular weight is 514 g/mol. The van der Waals surface area contributed by atoms with Crippen molar-refractivity contribution in [1.29, 1.82) is 0 Å². The smallest absolute Gasteiger partial charge is 0.254 e. The standard InChI is InChI=1S/C28H31N7O3/c1-38-13-9-29-18-6-12-35-24(17-31-26(35)14-18)21-3-4-23(27-22(21)16-32-28(27)37)33-25-5-2-19(15-30-25)34-10-7-20(36)8-11-34/h2-6,12,14-15,17,20,29,36H,7-11,13,16H2,1H3,(H,30,33)(H,32,37). The van der Waals surface area contributed by atoms with Gasteiger partial charge in [-0.3, -0.25) is 9.20 Å². The first-order valence-corrected chi connectivity index (χ1v) is 12.9. The molecule has 6 rings (SSSR count). The van der Waals surface area contributed by atoms with E-state index < -0.39 is 0 Å². The number of aliphatic hydroxyl groups excluding tert-OH is 1. The van der Waals surface area contributed by atoms with Crippen LogP contribution in [0, 0.1) is 0 Å². The number of anilines is 4. The molecule has 2 aliphatic heterocycles. The summed E-state index contributed by atoms with van der Waals surface area (Å²) in [6.45, 7) is 3.44. The van der Waals surface area contributed by atoms with E-state index in [1.54, 1.807) is 7.11 Å². The third-order valence-electron chi connectivity index (χ3n) is 7.23. The van der Waals surface area contributed by atoms with Gasteiger partial charge < -0.3 is 30.7 Å². The average Bonchev–Trinajstić information content (AvgIpc) is 3.54. The van der Waals surface area contributed by atoms with Crippen LogP contribution in [0.15, 0.2) is 55.0 Å². The Balaban J connectivity index is 1.26. The number of benzene rings is 1. The van der Waals surface area contributed by atoms with Crippen LogP contribution in [0.2, 0.25) is 0 Å². The van der Waals surface area contributed by atoms with Crippen LogP contribution in [-0.4, -0.2) is 64.8 Å². The molecule has 0 spiro atoms. The minimum absolute atomic E-state index is 0.105. The van der Waals surface area contributed by atoms with Gasteiger partial charge in [0.15, 0.2) is 0 Å². The van der Waals surface area contributed by atoms with Crippen molar-refractivity contribution in [2.75, 3.05) is 48.9 Å². The summed E-state index contributed by atoms with van der Waals surface area (Å²) < 4.78 is 7.14. The van der Waals surface area contributed by atoms with Crippen LogP contribution in [0.3, 0.4) is 0 Å². The number of amides is 1. The summed E-state index contributed by atoms with van der Waals surface area (Å²) in [5.74, 6) is 0.565. The Labute approximate surface area is 220 Å². The highest BCUT2D eigenvalue weighted by atomic mass is 16.5. The zero-order valence-electron chi connectivity index (χ0n) is 21.3. The fourth-order valence-corrected chi connectivity index (χ4v) is 5.19. The highest BCUT2D eigenvalue weighted by molar-refractivity contribution is 6.06. The fourth-order valence-electron chi connectivity index (χ4n) is 5.19. The van der Waals surface area contributed by atoms with Gasteiger partial charge in [-0.15, -0.1) is 0 Å². The van der Waals surface area contributed by atoms with Crippen LogP contribution in [0.25, 0.3) is 16.9 Å². The fraction of sp³-hybridized carbons (Fsp3) is 0.321. The van der Waals surface area contributed by atoms with Crippen molar-refractivity contribution in [3.63, 3.8) is 0 Å². The minimum atomic E-state index is -0.211. The van der Waals surface area contributed by atoms with E-state index in [1.165, 1.54) is 0 Å². The molecule has 1 saturated heterocycles. The molecule has 1 fully saturated rings. The molecular weight excluding hydrogens is 482 g/mol. The maximum absolute atomic E-state index is 12.9. The Morgan fingerprint density at radius 2 is 2.00 bits per heavy atom. The molecule has 1 aromatic carbocycles. The summed E-state index contributed by atoms with van der Waals surface area (Å²) in [4.78, 5) is 24.3. The molecule has 38 heavy (non-hydrogen) atoms. The van der Waals surface area contributed by atoms with Crippen LogP contribution in [0.1, 0.15) is 28.8 Å². The minimum Gasteiger partial charge on any atom is -0.393 e. The summed E-state index contributed by atoms with van der Waals surface area (Å²) in [5.41, 5.74) is 7.01. The Morgan fingerprint density at radius 1 is 1.13 bits per heavy atom. The van der Waals surface area contributed by atoms with Crippen molar-refractivity contribution < 1.29 is 14.6 Å². The summed E-state index contributed by atoms with van der Waals surface area (Å²) >= 11 is 0. The highest BCUT2D eigenvalue weighted by Crippen LogP contribution is 2.35. The Bertz CT molecular complexity index is 1460. The zero-order valence-corrected chi connectivity index (χ0v) is 21.3. The van der Waals surface area contributed by atoms with Crippen LogP contribution in [0.5, 0.6) is 0 Å². The molecule has 0 unspecified atom stereocenters. The van der Waals surface area contributed by atoms with Gasteiger partial charge in [-0.1, -0.05) is 6.07 Å². The normalized spacial score (nSPS) is 15.5. The highest BCUT2D eigenvalue weighted by Gasteiger charge is 2.27. The Hall–Kier alpha value is -4.15. The maximum atomic E-state index is 12.9. The number of fused-ring (bicyclic) bond motifs is 2. The quantitative estimate of drug-likeness (QED) is 0.265. The van der Waals surface area contributed by atoms with Gasteiger partial charge in [0.2, 0.25) is 0 Å². The van der Waals surface area contributed by atoms with Crippen LogP contribution in [-0.2, 0) is 11.3 Å². The van der Waals surface area contributed by atoms with E-state index in [-0.39, 0.29) is 12.0 Å². The first kappa shape index (κ1) is 24.2. The monoisotopic (exact) mass is 513 g/mol. The molecule has 0 bridgehead atoms. The van der Waals surface area contributed by atoms with Crippen molar-refractivity contribution in [3.8, 4) is 11.3 Å². The zero-order chi connectivity index (χ0) is 26.1. The predicted octanol–water partition coefficient (Wildman–Crippen LogP) is 3.40. The summed E-state index contributed by atoms with van der Waals surface area (Å²) in [6.07, 6.45) is 7.01. The topological polar surface area (TPSA) is 116 Å². The van der Waals surface area contributed by atoms with Gasteiger partial charge in [0.1, 0.15) is 11.5 Å². The third kappa shape index (κ3) is 4.64. The number of piperidine rings is 1. The first-order chi connectivity index (χ1) is 18.6. The largest absolute Gasteiger partial charge is 0.393 e. The number of imidazole rings is 1. The number of hydrogen-bond donors (Lipinski definition) is 4. The van der Waals surface area contributed by atoms with E-state index in [0.29, 0.717) is 24.5 Å². The van der Waals surface area contributed by atoms with Crippen LogP contribution < -0.4 is 20.9 Å². The van der Waals surface area contributed by atoms with E-state index in [4.69, 9.17) is 4.74 Å². The van der Waals surface area contributed by atoms with Crippen molar-refractivity contribution >= 4 is 34.4 Å². The van der Waals surface area contributed by atoms with E-state index in [1.807, 2.05) is 59.4 Å². The number of aliphatic hydroxyl groups is 1. The van der Waals surface area contributed by atoms with Crippen LogP contribution in [0.4, 0.5) is 22.9 Å². The van der Waals surface area contributed by atoms with Gasteiger partial charge >= 0.3 is 0 Å². The molecule has 4 N–H and O–H groups in total. The molecule has 10 nitrogen and oxygen atoms in total. The van der Waals surface area contributed by atoms with Crippen molar-refractivity contribution in [1.82, 2.24) is 19.7 Å². The summed E-state index contributed by atoms with van der Waals surface area (Å²) in [5, 5.41) is 19.4. The number of pyridine rings is 2. The van der Waals surface area contributed by atoms with Crippen molar-refractivity contribution in [3.05, 3.63) is 66.1 Å². The number of nitrogens with one attached hydrogen (secondary N) is 3. The molecule has 3 aromatic heterocycles. The van der Waals surface area contributed by atoms with Crippen molar-refractivity contribution in [2.24, 2.45) is 0 Å². The van der Waals surface area contributed by atoms with Crippen LogP contribution >= 0.6 is 0 Å². The Morgan fingerprint density at radius 3 is 2.79 bits per heavy atom. The molecule has 2 aliphatic rings. The SMILES string of the molecule is COCCNc1ccn2c(-c3ccc(Nc4ccc(N5CCC(O)CC5)cn4)c4c3CNC4=O)cnc2c1. The molecule has 0 radical (unpaired) electrons. The second-order valence-electron chi connectivity index (χ2n) is 9.65. The second-order valence-corrected chi connectivity index (χ2v) is 9.65. The maximum Gasteiger partial charge on any atom is 0.254 e. The second kappa shape index (κ2) is 10.3. The van der Waals surface area contributed by atoms with Crippen molar-refractivity contribution in [2.45, 2.75) is 25.5 Å². The van der Waals surface area contributed by atoms with E-state index in [0.717, 1.165) is 72.0 Å². The molecular formula is C28H31N7O3. The summed E-state index contributed by atoms with van der Waals surface area (Å²) in [6, 6.07) is 11.9. The number of hydrogen-bond acceptors (Lipinski definition) is 8. The lowest BCUT2D eigenvalue weighted by molar-refractivity contribution is 0.0966. The number of rotatable bonds is 8. The molecule has 10 heteroatoms. The van der Waals surface area contributed by atoms with Gasteiger partial charge in [-0.25, -0.2) is 9.97 Å². The van der Waals surface area contributed by atoms with Gasteiger partial charge in [0.05, 0.1) is 47.7 Å². The number of ether oxygens (including phenoxy) is 1.